The highest BCUT2D eigenvalue weighted by molar-refractivity contribution is 7.89. The Balaban J connectivity index is 2.48. The zero-order chi connectivity index (χ0) is 17.3. The molecule has 23 heavy (non-hydrogen) atoms. The van der Waals surface area contributed by atoms with Crippen LogP contribution in [-0.4, -0.2) is 37.7 Å². The SMILES string of the molecule is CCCCS(=O)(=O)NCC(=O)NCc1cccnc1OC(C)C. The van der Waals surface area contributed by atoms with Gasteiger partial charge < -0.3 is 10.1 Å². The fourth-order valence-corrected chi connectivity index (χ4v) is 2.89. The molecular weight excluding hydrogens is 318 g/mol. The molecule has 1 amide bonds. The van der Waals surface area contributed by atoms with E-state index in [2.05, 4.69) is 15.0 Å². The molecule has 0 unspecified atom stereocenters. The lowest BCUT2D eigenvalue weighted by Gasteiger charge is -2.13. The third kappa shape index (κ3) is 7.94. The molecule has 2 N–H and O–H groups in total. The molecule has 1 heterocycles. The maximum atomic E-state index is 11.8. The van der Waals surface area contributed by atoms with E-state index in [-0.39, 0.29) is 24.9 Å². The number of nitrogens with zero attached hydrogens (tertiary/aromatic N) is 1. The zero-order valence-corrected chi connectivity index (χ0v) is 14.6. The van der Waals surface area contributed by atoms with Crippen molar-refractivity contribution in [3.63, 3.8) is 0 Å². The molecule has 0 bridgehead atoms. The molecule has 1 aromatic rings. The molecule has 1 aromatic heterocycles. The van der Waals surface area contributed by atoms with Crippen LogP contribution >= 0.6 is 0 Å². The van der Waals surface area contributed by atoms with Gasteiger partial charge >= 0.3 is 0 Å². The Morgan fingerprint density at radius 1 is 1.39 bits per heavy atom. The third-order valence-corrected chi connectivity index (χ3v) is 4.30. The third-order valence-electron chi connectivity index (χ3n) is 2.89. The summed E-state index contributed by atoms with van der Waals surface area (Å²) in [6.45, 7) is 5.65. The summed E-state index contributed by atoms with van der Waals surface area (Å²) in [5.41, 5.74) is 0.739. The van der Waals surface area contributed by atoms with Crippen LogP contribution in [0.15, 0.2) is 18.3 Å². The second kappa shape index (κ2) is 9.46. The monoisotopic (exact) mass is 343 g/mol. The van der Waals surface area contributed by atoms with Gasteiger partial charge in [-0.05, 0) is 26.3 Å². The minimum atomic E-state index is -3.39. The summed E-state index contributed by atoms with van der Waals surface area (Å²) in [4.78, 5) is 15.9. The summed E-state index contributed by atoms with van der Waals surface area (Å²) < 4.78 is 31.1. The van der Waals surface area contributed by atoms with E-state index in [0.29, 0.717) is 12.3 Å². The van der Waals surface area contributed by atoms with Crippen LogP contribution in [0.1, 0.15) is 39.2 Å². The van der Waals surface area contributed by atoms with Crippen LogP contribution in [-0.2, 0) is 21.4 Å². The first-order valence-electron chi connectivity index (χ1n) is 7.68. The molecule has 8 heteroatoms. The fraction of sp³-hybridized carbons (Fsp3) is 0.600. The summed E-state index contributed by atoms with van der Waals surface area (Å²) >= 11 is 0. The van der Waals surface area contributed by atoms with Gasteiger partial charge in [0.25, 0.3) is 0 Å². The fourth-order valence-electron chi connectivity index (χ4n) is 1.73. The van der Waals surface area contributed by atoms with Crippen molar-refractivity contribution in [2.75, 3.05) is 12.3 Å². The van der Waals surface area contributed by atoms with E-state index in [4.69, 9.17) is 4.74 Å². The molecule has 0 aliphatic heterocycles. The van der Waals surface area contributed by atoms with Crippen molar-refractivity contribution in [1.82, 2.24) is 15.0 Å². The number of pyridine rings is 1. The van der Waals surface area contributed by atoms with Crippen molar-refractivity contribution < 1.29 is 17.9 Å². The van der Waals surface area contributed by atoms with E-state index in [0.717, 1.165) is 12.0 Å². The van der Waals surface area contributed by atoms with Crippen molar-refractivity contribution in [2.45, 2.75) is 46.3 Å². The van der Waals surface area contributed by atoms with Crippen LogP contribution < -0.4 is 14.8 Å². The average Bonchev–Trinajstić information content (AvgIpc) is 2.50. The Kier molecular flexibility index (Phi) is 7.97. The number of sulfonamides is 1. The van der Waals surface area contributed by atoms with Crippen LogP contribution in [0.5, 0.6) is 5.88 Å². The van der Waals surface area contributed by atoms with Gasteiger partial charge in [0, 0.05) is 18.3 Å². The smallest absolute Gasteiger partial charge is 0.235 e. The van der Waals surface area contributed by atoms with Gasteiger partial charge in [-0.1, -0.05) is 19.4 Å². The largest absolute Gasteiger partial charge is 0.475 e. The number of nitrogens with one attached hydrogen (secondary N) is 2. The maximum Gasteiger partial charge on any atom is 0.235 e. The normalized spacial score (nSPS) is 11.5. The quantitative estimate of drug-likeness (QED) is 0.665. The van der Waals surface area contributed by atoms with Gasteiger partial charge in [0.2, 0.25) is 21.8 Å². The molecule has 1 rings (SSSR count). The summed E-state index contributed by atoms with van der Waals surface area (Å²) in [6, 6.07) is 3.55. The van der Waals surface area contributed by atoms with Crippen molar-refractivity contribution in [1.29, 1.82) is 0 Å². The van der Waals surface area contributed by atoms with E-state index in [1.807, 2.05) is 20.8 Å². The minimum Gasteiger partial charge on any atom is -0.475 e. The maximum absolute atomic E-state index is 11.8. The van der Waals surface area contributed by atoms with E-state index >= 15 is 0 Å². The van der Waals surface area contributed by atoms with Gasteiger partial charge in [-0.2, -0.15) is 0 Å². The number of amides is 1. The van der Waals surface area contributed by atoms with Gasteiger partial charge in [0.05, 0.1) is 18.4 Å². The van der Waals surface area contributed by atoms with E-state index in [9.17, 15) is 13.2 Å². The van der Waals surface area contributed by atoms with E-state index in [1.165, 1.54) is 0 Å². The summed E-state index contributed by atoms with van der Waals surface area (Å²) in [5, 5.41) is 2.66. The lowest BCUT2D eigenvalue weighted by molar-refractivity contribution is -0.120. The highest BCUT2D eigenvalue weighted by Crippen LogP contribution is 2.15. The number of aromatic nitrogens is 1. The second-order valence-electron chi connectivity index (χ2n) is 5.40. The highest BCUT2D eigenvalue weighted by atomic mass is 32.2. The average molecular weight is 343 g/mol. The lowest BCUT2D eigenvalue weighted by Crippen LogP contribution is -2.37. The Hall–Kier alpha value is -1.67. The first-order valence-corrected chi connectivity index (χ1v) is 9.34. The van der Waals surface area contributed by atoms with Crippen LogP contribution in [0.2, 0.25) is 0 Å². The predicted molar refractivity (Wildman–Crippen MR) is 88.5 cm³/mol. The first-order chi connectivity index (χ1) is 10.8. The minimum absolute atomic E-state index is 0.0234. The second-order valence-corrected chi connectivity index (χ2v) is 7.33. The zero-order valence-electron chi connectivity index (χ0n) is 13.8. The topological polar surface area (TPSA) is 97.4 Å². The van der Waals surface area contributed by atoms with E-state index < -0.39 is 15.9 Å². The standard InChI is InChI=1S/C15H25N3O4S/c1-4-5-9-23(20,21)18-11-14(19)17-10-13-7-6-8-16-15(13)22-12(2)3/h6-8,12,18H,4-5,9-11H2,1-3H3,(H,17,19). The lowest BCUT2D eigenvalue weighted by atomic mass is 10.2. The number of rotatable bonds is 10. The highest BCUT2D eigenvalue weighted by Gasteiger charge is 2.12. The van der Waals surface area contributed by atoms with Crippen LogP contribution in [0.4, 0.5) is 0 Å². The molecule has 0 fully saturated rings. The van der Waals surface area contributed by atoms with Gasteiger partial charge in [0.1, 0.15) is 0 Å². The van der Waals surface area contributed by atoms with Crippen LogP contribution in [0.3, 0.4) is 0 Å². The Morgan fingerprint density at radius 3 is 2.78 bits per heavy atom. The molecule has 130 valence electrons. The predicted octanol–water partition coefficient (Wildman–Crippen LogP) is 1.20. The molecule has 0 radical (unpaired) electrons. The molecule has 0 spiro atoms. The first kappa shape index (κ1) is 19.4. The molecule has 0 atom stereocenters. The number of hydrogen-bond acceptors (Lipinski definition) is 5. The van der Waals surface area contributed by atoms with Crippen molar-refractivity contribution in [3.05, 3.63) is 23.9 Å². The van der Waals surface area contributed by atoms with Crippen molar-refractivity contribution >= 4 is 15.9 Å². The van der Waals surface area contributed by atoms with Gasteiger partial charge in [-0.15, -0.1) is 0 Å². The van der Waals surface area contributed by atoms with Gasteiger partial charge in [-0.3, -0.25) is 4.79 Å². The molecule has 0 aliphatic carbocycles. The summed E-state index contributed by atoms with van der Waals surface area (Å²) in [5.74, 6) is 0.0990. The Bertz CT molecular complexity index is 602. The Morgan fingerprint density at radius 2 is 2.13 bits per heavy atom. The molecular formula is C15H25N3O4S. The molecule has 0 saturated heterocycles. The Labute approximate surface area is 137 Å². The number of carbonyl (C=O) groups excluding carboxylic acids is 1. The number of carbonyl (C=O) groups is 1. The number of ether oxygens (including phenoxy) is 1. The van der Waals surface area contributed by atoms with Crippen LogP contribution in [0, 0.1) is 0 Å². The summed E-state index contributed by atoms with van der Waals surface area (Å²) in [7, 11) is -3.39. The van der Waals surface area contributed by atoms with E-state index in [1.54, 1.807) is 18.3 Å². The van der Waals surface area contributed by atoms with Crippen LogP contribution in [0.25, 0.3) is 0 Å². The van der Waals surface area contributed by atoms with Gasteiger partial charge in [-0.25, -0.2) is 18.1 Å². The molecule has 7 nitrogen and oxygen atoms in total. The number of unbranched alkanes of at least 4 members (excludes halogenated alkanes) is 1. The molecule has 0 aliphatic rings. The molecule has 0 aromatic carbocycles. The van der Waals surface area contributed by atoms with Crippen molar-refractivity contribution in [3.8, 4) is 5.88 Å². The van der Waals surface area contributed by atoms with Gasteiger partial charge in [0.15, 0.2) is 0 Å². The number of hydrogen-bond donors (Lipinski definition) is 2. The summed E-state index contributed by atoms with van der Waals surface area (Å²) in [6.07, 6.45) is 2.95. The molecule has 0 saturated carbocycles. The van der Waals surface area contributed by atoms with Crippen molar-refractivity contribution in [2.24, 2.45) is 0 Å².